The van der Waals surface area contributed by atoms with Crippen LogP contribution >= 0.6 is 0 Å². The van der Waals surface area contributed by atoms with Gasteiger partial charge in [-0.05, 0) is 59.7 Å². The lowest BCUT2D eigenvalue weighted by atomic mass is 9.88. The number of ether oxygens (including phenoxy) is 3. The van der Waals surface area contributed by atoms with Crippen molar-refractivity contribution >= 4 is 46.1 Å². The quantitative estimate of drug-likeness (QED) is 0.138. The normalized spacial score (nSPS) is 12.5. The molecule has 1 atom stereocenters. The maximum absolute atomic E-state index is 13.3. The smallest absolute Gasteiger partial charge is 0.303 e. The summed E-state index contributed by atoms with van der Waals surface area (Å²) in [5.74, 6) is -0.604. The zero-order valence-electron chi connectivity index (χ0n) is 24.2. The number of carbonyl (C=O) groups excluding carboxylic acids is 2. The lowest BCUT2D eigenvalue weighted by Crippen LogP contribution is -2.15. The fourth-order valence-electron chi connectivity index (χ4n) is 5.20. The van der Waals surface area contributed by atoms with E-state index in [0.717, 1.165) is 5.69 Å². The summed E-state index contributed by atoms with van der Waals surface area (Å²) < 4.78 is 22.2. The molecule has 1 aromatic heterocycles. The van der Waals surface area contributed by atoms with Crippen molar-refractivity contribution < 1.29 is 38.1 Å². The third-order valence-corrected chi connectivity index (χ3v) is 7.32. The van der Waals surface area contributed by atoms with Gasteiger partial charge in [0.15, 0.2) is 28.4 Å². The van der Waals surface area contributed by atoms with Crippen molar-refractivity contribution in [2.45, 2.75) is 25.2 Å². The number of anilines is 3. The lowest BCUT2D eigenvalue weighted by Gasteiger charge is -2.16. The van der Waals surface area contributed by atoms with Crippen molar-refractivity contribution in [1.29, 1.82) is 0 Å². The van der Waals surface area contributed by atoms with E-state index in [1.807, 2.05) is 30.3 Å². The molecule has 1 aliphatic heterocycles. The van der Waals surface area contributed by atoms with Crippen molar-refractivity contribution in [2.24, 2.45) is 0 Å². The molecule has 0 aliphatic carbocycles. The lowest BCUT2D eigenvalue weighted by molar-refractivity contribution is -0.137. The Labute approximate surface area is 257 Å². The molecule has 3 N–H and O–H groups in total. The minimum Gasteiger partial charge on any atom is -0.494 e. The van der Waals surface area contributed by atoms with E-state index in [1.165, 1.54) is 7.11 Å². The summed E-state index contributed by atoms with van der Waals surface area (Å²) in [6, 6.07) is 25.0. The van der Waals surface area contributed by atoms with E-state index in [0.29, 0.717) is 56.7 Å². The van der Waals surface area contributed by atoms with Gasteiger partial charge in [0.25, 0.3) is 6.01 Å². The van der Waals surface area contributed by atoms with Crippen LogP contribution in [0.15, 0.2) is 89.3 Å². The predicted molar refractivity (Wildman–Crippen MR) is 166 cm³/mol. The van der Waals surface area contributed by atoms with Crippen LogP contribution in [0.4, 0.5) is 17.4 Å². The molecule has 45 heavy (non-hydrogen) atoms. The van der Waals surface area contributed by atoms with E-state index in [-0.39, 0.29) is 37.7 Å². The summed E-state index contributed by atoms with van der Waals surface area (Å²) >= 11 is 0. The van der Waals surface area contributed by atoms with Gasteiger partial charge < -0.3 is 34.4 Å². The molecule has 0 radical (unpaired) electrons. The Morgan fingerprint density at radius 2 is 1.71 bits per heavy atom. The van der Waals surface area contributed by atoms with Gasteiger partial charge in [0, 0.05) is 29.3 Å². The number of para-hydroxylation sites is 1. The van der Waals surface area contributed by atoms with Crippen LogP contribution in [0.3, 0.4) is 0 Å². The zero-order valence-corrected chi connectivity index (χ0v) is 24.2. The van der Waals surface area contributed by atoms with Gasteiger partial charge in [-0.1, -0.05) is 36.4 Å². The number of methoxy groups -OCH3 is 1. The number of aliphatic carboxylic acids is 1. The first kappa shape index (κ1) is 29.2. The second kappa shape index (κ2) is 12.8. The number of Topliss-reactive ketones (excluding diaryl/α,β-unsaturated/α-hetero) is 1. The fourth-order valence-corrected chi connectivity index (χ4v) is 5.20. The monoisotopic (exact) mass is 607 g/mol. The Bertz CT molecular complexity index is 1890. The predicted octanol–water partition coefficient (Wildman–Crippen LogP) is 6.32. The van der Waals surface area contributed by atoms with E-state index < -0.39 is 11.9 Å². The number of amides is 1. The molecular weight excluding hydrogens is 578 g/mol. The van der Waals surface area contributed by atoms with Gasteiger partial charge in [-0.2, -0.15) is 4.98 Å². The first-order valence-electron chi connectivity index (χ1n) is 14.2. The molecule has 6 rings (SSSR count). The molecule has 1 unspecified atom stereocenters. The van der Waals surface area contributed by atoms with Gasteiger partial charge in [-0.3, -0.25) is 14.4 Å². The minimum absolute atomic E-state index is 0.0113. The number of carbonyl (C=O) groups is 3. The van der Waals surface area contributed by atoms with E-state index >= 15 is 0 Å². The number of hydrogen-bond acceptors (Lipinski definition) is 9. The highest BCUT2D eigenvalue weighted by Crippen LogP contribution is 2.37. The standard InChI is InChI=1S/C34H29N3O8/c1-42-29-12-20(13-30-33(29)37-34(45-30)36-24-7-3-2-4-8-24)14-31(39)35-25-9-5-6-22(15-25)26(38)16-23(18-32(40)41)21-10-11-27-28(17-21)44-19-43-27/h2-13,15,17,23H,14,16,18-19H2,1H3,(H,35,39)(H,36,37)(H,40,41). The van der Waals surface area contributed by atoms with Gasteiger partial charge in [0.1, 0.15) is 5.75 Å². The number of carboxylic acids is 1. The summed E-state index contributed by atoms with van der Waals surface area (Å²) in [6.45, 7) is 0.0925. The van der Waals surface area contributed by atoms with Crippen molar-refractivity contribution in [1.82, 2.24) is 4.98 Å². The SMILES string of the molecule is COc1cc(CC(=O)Nc2cccc(C(=O)CC(CC(=O)O)c3ccc4c(c3)OCO4)c2)cc2oc(Nc3ccccc3)nc12. The first-order valence-corrected chi connectivity index (χ1v) is 14.2. The number of ketones is 1. The largest absolute Gasteiger partial charge is 0.494 e. The molecule has 0 bridgehead atoms. The number of aromatic nitrogens is 1. The number of fused-ring (bicyclic) bond motifs is 2. The van der Waals surface area contributed by atoms with Gasteiger partial charge in [-0.25, -0.2) is 0 Å². The molecule has 2 heterocycles. The summed E-state index contributed by atoms with van der Waals surface area (Å²) in [6.07, 6.45) is -0.260. The Balaban J connectivity index is 1.13. The van der Waals surface area contributed by atoms with E-state index in [1.54, 1.807) is 54.6 Å². The molecule has 1 aliphatic rings. The molecular formula is C34H29N3O8. The van der Waals surface area contributed by atoms with Crippen molar-refractivity contribution in [2.75, 3.05) is 24.5 Å². The molecule has 1 amide bonds. The Kier molecular flexibility index (Phi) is 8.32. The number of rotatable bonds is 12. The molecule has 0 fully saturated rings. The van der Waals surface area contributed by atoms with Crippen molar-refractivity contribution in [3.8, 4) is 17.2 Å². The average Bonchev–Trinajstić information content (AvgIpc) is 3.67. The number of nitrogens with one attached hydrogen (secondary N) is 2. The molecule has 11 nitrogen and oxygen atoms in total. The molecule has 4 aromatic carbocycles. The third-order valence-electron chi connectivity index (χ3n) is 7.32. The molecule has 0 saturated carbocycles. The van der Waals surface area contributed by atoms with Crippen molar-refractivity contribution in [3.63, 3.8) is 0 Å². The number of hydrogen-bond donors (Lipinski definition) is 3. The third kappa shape index (κ3) is 6.88. The minimum atomic E-state index is -1.02. The van der Waals surface area contributed by atoms with Gasteiger partial charge in [0.05, 0.1) is 20.0 Å². The second-order valence-corrected chi connectivity index (χ2v) is 10.5. The van der Waals surface area contributed by atoms with E-state index in [9.17, 15) is 19.5 Å². The van der Waals surface area contributed by atoms with Crippen LogP contribution in [0.1, 0.15) is 40.2 Å². The zero-order chi connectivity index (χ0) is 31.3. The number of benzene rings is 4. The number of nitrogens with zero attached hydrogens (tertiary/aromatic N) is 1. The van der Waals surface area contributed by atoms with Crippen LogP contribution in [0, 0.1) is 0 Å². The average molecular weight is 608 g/mol. The van der Waals surface area contributed by atoms with E-state index in [4.69, 9.17) is 18.6 Å². The second-order valence-electron chi connectivity index (χ2n) is 10.5. The summed E-state index contributed by atoms with van der Waals surface area (Å²) in [4.78, 5) is 42.4. The maximum Gasteiger partial charge on any atom is 0.303 e. The van der Waals surface area contributed by atoms with Crippen LogP contribution in [0.2, 0.25) is 0 Å². The van der Waals surface area contributed by atoms with Crippen LogP contribution in [-0.2, 0) is 16.0 Å². The topological polar surface area (TPSA) is 149 Å². The first-order chi connectivity index (χ1) is 21.8. The Morgan fingerprint density at radius 3 is 2.51 bits per heavy atom. The highest BCUT2D eigenvalue weighted by molar-refractivity contribution is 5.99. The summed E-state index contributed by atoms with van der Waals surface area (Å²) in [7, 11) is 1.52. The highest BCUT2D eigenvalue weighted by atomic mass is 16.7. The summed E-state index contributed by atoms with van der Waals surface area (Å²) in [5.41, 5.74) is 3.90. The number of carboxylic acid groups (broad SMARTS) is 1. The molecule has 5 aromatic rings. The molecule has 228 valence electrons. The van der Waals surface area contributed by atoms with Gasteiger partial charge >= 0.3 is 5.97 Å². The Morgan fingerprint density at radius 1 is 0.911 bits per heavy atom. The van der Waals surface area contributed by atoms with Crippen LogP contribution in [-0.4, -0.2) is 41.7 Å². The van der Waals surface area contributed by atoms with Crippen LogP contribution in [0.25, 0.3) is 11.1 Å². The fraction of sp³-hybridized carbons (Fsp3) is 0.176. The molecule has 0 saturated heterocycles. The summed E-state index contributed by atoms with van der Waals surface area (Å²) in [5, 5.41) is 15.5. The Hall–Kier alpha value is -5.84. The number of oxazole rings is 1. The van der Waals surface area contributed by atoms with E-state index in [2.05, 4.69) is 15.6 Å². The highest BCUT2D eigenvalue weighted by Gasteiger charge is 2.24. The van der Waals surface area contributed by atoms with Gasteiger partial charge in [-0.15, -0.1) is 0 Å². The molecule has 11 heteroatoms. The van der Waals surface area contributed by atoms with Crippen molar-refractivity contribution in [3.05, 3.63) is 102 Å². The van der Waals surface area contributed by atoms with Gasteiger partial charge in [0.2, 0.25) is 12.7 Å². The van der Waals surface area contributed by atoms with Crippen LogP contribution in [0.5, 0.6) is 17.2 Å². The molecule has 0 spiro atoms. The van der Waals surface area contributed by atoms with Crippen LogP contribution < -0.4 is 24.8 Å². The maximum atomic E-state index is 13.3.